The Hall–Kier alpha value is -2.80. The number of pyridine rings is 1. The molecule has 0 spiro atoms. The van der Waals surface area contributed by atoms with E-state index in [0.29, 0.717) is 0 Å². The molecule has 1 unspecified atom stereocenters. The third-order valence-electron chi connectivity index (χ3n) is 5.70. The molecule has 4 rings (SSSR count). The number of rotatable bonds is 4. The monoisotopic (exact) mass is 395 g/mol. The number of aromatic nitrogens is 1. The first-order valence-corrected chi connectivity index (χ1v) is 10.3. The quantitative estimate of drug-likeness (QED) is 0.862. The number of carbonyl (C=O) groups is 1. The molecule has 1 aromatic heterocycles. The fraction of sp³-hybridized carbons (Fsp3) is 0.455. The zero-order valence-electron chi connectivity index (χ0n) is 17.0. The lowest BCUT2D eigenvalue weighted by Crippen LogP contribution is -2.52. The van der Waals surface area contributed by atoms with Gasteiger partial charge in [0.25, 0.3) is 0 Å². The molecule has 2 aromatic rings. The molecule has 0 bridgehead atoms. The minimum atomic E-state index is -0.0283. The van der Waals surface area contributed by atoms with E-state index >= 15 is 0 Å². The summed E-state index contributed by atoms with van der Waals surface area (Å²) in [5.41, 5.74) is 3.49. The smallest absolute Gasteiger partial charge is 0.317 e. The number of hydrogen-bond acceptors (Lipinski definition) is 5. The number of nitrogens with zero attached hydrogens (tertiary/aromatic N) is 4. The van der Waals surface area contributed by atoms with Crippen molar-refractivity contribution in [3.05, 3.63) is 54.4 Å². The van der Waals surface area contributed by atoms with Crippen molar-refractivity contribution in [1.29, 1.82) is 0 Å². The van der Waals surface area contributed by atoms with E-state index in [1.165, 1.54) is 5.69 Å². The maximum Gasteiger partial charge on any atom is 0.317 e. The highest BCUT2D eigenvalue weighted by atomic mass is 16.5. The molecule has 3 heterocycles. The normalized spacial score (nSPS) is 18.4. The zero-order valence-corrected chi connectivity index (χ0v) is 17.0. The van der Waals surface area contributed by atoms with Crippen LogP contribution in [0.25, 0.3) is 0 Å². The molecule has 2 saturated heterocycles. The lowest BCUT2D eigenvalue weighted by molar-refractivity contribution is 0.122. The van der Waals surface area contributed by atoms with Crippen LogP contribution in [0.5, 0.6) is 0 Å². The van der Waals surface area contributed by atoms with Crippen molar-refractivity contribution in [3.63, 3.8) is 0 Å². The Bertz CT molecular complexity index is 785. The van der Waals surface area contributed by atoms with Gasteiger partial charge in [-0.3, -0.25) is 4.98 Å². The van der Waals surface area contributed by atoms with Crippen molar-refractivity contribution < 1.29 is 9.53 Å². The first-order chi connectivity index (χ1) is 14.2. The largest absolute Gasteiger partial charge is 0.378 e. The van der Waals surface area contributed by atoms with Gasteiger partial charge in [0.1, 0.15) is 0 Å². The predicted molar refractivity (Wildman–Crippen MR) is 114 cm³/mol. The number of urea groups is 1. The number of amides is 2. The molecule has 2 aliphatic rings. The van der Waals surface area contributed by atoms with Crippen molar-refractivity contribution in [2.24, 2.45) is 0 Å². The molecule has 2 amide bonds. The van der Waals surface area contributed by atoms with Crippen LogP contribution in [0.4, 0.5) is 16.2 Å². The van der Waals surface area contributed by atoms with Gasteiger partial charge in [-0.05, 0) is 36.8 Å². The third kappa shape index (κ3) is 4.79. The number of nitrogens with one attached hydrogen (secondary N) is 1. The maximum absolute atomic E-state index is 12.7. The highest BCUT2D eigenvalue weighted by molar-refractivity contribution is 5.75. The molecule has 2 fully saturated rings. The van der Waals surface area contributed by atoms with Crippen LogP contribution in [0.2, 0.25) is 0 Å². The molecule has 0 saturated carbocycles. The molecule has 1 atom stereocenters. The van der Waals surface area contributed by atoms with Gasteiger partial charge in [-0.25, -0.2) is 4.79 Å². The molecule has 0 aliphatic carbocycles. The topological polar surface area (TPSA) is 60.9 Å². The molecule has 154 valence electrons. The van der Waals surface area contributed by atoms with Gasteiger partial charge in [0.15, 0.2) is 0 Å². The number of morpholine rings is 1. The van der Waals surface area contributed by atoms with E-state index in [0.717, 1.165) is 63.7 Å². The zero-order chi connectivity index (χ0) is 20.1. The van der Waals surface area contributed by atoms with Crippen LogP contribution in [0.3, 0.4) is 0 Å². The van der Waals surface area contributed by atoms with Crippen LogP contribution in [0.15, 0.2) is 48.8 Å². The third-order valence-corrected chi connectivity index (χ3v) is 5.70. The predicted octanol–water partition coefficient (Wildman–Crippen LogP) is 2.51. The van der Waals surface area contributed by atoms with E-state index in [1.54, 1.807) is 12.4 Å². The molecular formula is C22H29N5O2. The highest BCUT2D eigenvalue weighted by Crippen LogP contribution is 2.21. The van der Waals surface area contributed by atoms with Crippen LogP contribution in [-0.4, -0.2) is 68.4 Å². The summed E-state index contributed by atoms with van der Waals surface area (Å²) in [6, 6.07) is 12.5. The number of ether oxygens (including phenoxy) is 1. The van der Waals surface area contributed by atoms with Gasteiger partial charge in [0, 0.05) is 63.0 Å². The second kappa shape index (κ2) is 9.13. The minimum Gasteiger partial charge on any atom is -0.378 e. The van der Waals surface area contributed by atoms with Crippen molar-refractivity contribution in [2.75, 3.05) is 62.3 Å². The average Bonchev–Trinajstić information content (AvgIpc) is 2.80. The summed E-state index contributed by atoms with van der Waals surface area (Å²) < 4.78 is 5.42. The van der Waals surface area contributed by atoms with Gasteiger partial charge in [-0.15, -0.1) is 0 Å². The van der Waals surface area contributed by atoms with E-state index in [1.807, 2.05) is 24.0 Å². The first kappa shape index (κ1) is 19.5. The van der Waals surface area contributed by atoms with Crippen LogP contribution < -0.4 is 15.1 Å². The van der Waals surface area contributed by atoms with Crippen molar-refractivity contribution in [1.82, 2.24) is 15.2 Å². The number of carbonyl (C=O) groups excluding carboxylic acids is 1. The van der Waals surface area contributed by atoms with Crippen LogP contribution in [-0.2, 0) is 4.74 Å². The van der Waals surface area contributed by atoms with Crippen LogP contribution in [0, 0.1) is 0 Å². The van der Waals surface area contributed by atoms with E-state index in [9.17, 15) is 4.79 Å². The van der Waals surface area contributed by atoms with E-state index < -0.39 is 0 Å². The Balaban J connectivity index is 1.28. The first-order valence-electron chi connectivity index (χ1n) is 10.3. The highest BCUT2D eigenvalue weighted by Gasteiger charge is 2.22. The Labute approximate surface area is 172 Å². The molecule has 1 aromatic carbocycles. The van der Waals surface area contributed by atoms with Gasteiger partial charge >= 0.3 is 6.03 Å². The molecular weight excluding hydrogens is 366 g/mol. The second-order valence-corrected chi connectivity index (χ2v) is 7.54. The summed E-state index contributed by atoms with van der Waals surface area (Å²) in [4.78, 5) is 23.3. The molecule has 1 N–H and O–H groups in total. The Morgan fingerprint density at radius 2 is 1.48 bits per heavy atom. The summed E-state index contributed by atoms with van der Waals surface area (Å²) >= 11 is 0. The van der Waals surface area contributed by atoms with Gasteiger partial charge in [0.05, 0.1) is 19.3 Å². The van der Waals surface area contributed by atoms with Crippen LogP contribution in [0.1, 0.15) is 18.5 Å². The summed E-state index contributed by atoms with van der Waals surface area (Å²) in [5, 5.41) is 3.14. The summed E-state index contributed by atoms with van der Waals surface area (Å²) in [6.07, 6.45) is 3.61. The van der Waals surface area contributed by atoms with Gasteiger partial charge in [-0.2, -0.15) is 0 Å². The Kier molecular flexibility index (Phi) is 6.14. The van der Waals surface area contributed by atoms with E-state index in [-0.39, 0.29) is 12.1 Å². The number of benzene rings is 1. The van der Waals surface area contributed by atoms with Crippen molar-refractivity contribution >= 4 is 17.4 Å². The van der Waals surface area contributed by atoms with Gasteiger partial charge in [0.2, 0.25) is 0 Å². The van der Waals surface area contributed by atoms with Gasteiger partial charge in [-0.1, -0.05) is 12.1 Å². The minimum absolute atomic E-state index is 0.00383. The average molecular weight is 396 g/mol. The van der Waals surface area contributed by atoms with Crippen molar-refractivity contribution in [3.8, 4) is 0 Å². The second-order valence-electron chi connectivity index (χ2n) is 7.54. The standard InChI is InChI=1S/C22H29N5O2/c1-18(19-2-4-20(5-3-19)26-14-16-29-17-15-26)24-22(28)27-12-10-25(11-13-27)21-6-8-23-9-7-21/h2-9,18H,10-17H2,1H3,(H,24,28). The molecule has 7 nitrogen and oxygen atoms in total. The Morgan fingerprint density at radius 3 is 2.14 bits per heavy atom. The molecule has 2 aliphatic heterocycles. The van der Waals surface area contributed by atoms with E-state index in [2.05, 4.69) is 44.4 Å². The summed E-state index contributed by atoms with van der Waals surface area (Å²) in [6.45, 7) is 8.56. The summed E-state index contributed by atoms with van der Waals surface area (Å²) in [7, 11) is 0. The van der Waals surface area contributed by atoms with Gasteiger partial charge < -0.3 is 24.8 Å². The fourth-order valence-corrected chi connectivity index (χ4v) is 3.88. The maximum atomic E-state index is 12.7. The number of hydrogen-bond donors (Lipinski definition) is 1. The Morgan fingerprint density at radius 1 is 0.897 bits per heavy atom. The molecule has 7 heteroatoms. The van der Waals surface area contributed by atoms with Crippen LogP contribution >= 0.6 is 0 Å². The summed E-state index contributed by atoms with van der Waals surface area (Å²) in [5.74, 6) is 0. The fourth-order valence-electron chi connectivity index (χ4n) is 3.88. The lowest BCUT2D eigenvalue weighted by atomic mass is 10.1. The molecule has 0 radical (unpaired) electrons. The molecule has 29 heavy (non-hydrogen) atoms. The lowest BCUT2D eigenvalue weighted by Gasteiger charge is -2.36. The number of piperazine rings is 1. The number of anilines is 2. The van der Waals surface area contributed by atoms with Crippen molar-refractivity contribution in [2.45, 2.75) is 13.0 Å². The van der Waals surface area contributed by atoms with E-state index in [4.69, 9.17) is 4.74 Å². The SMILES string of the molecule is CC(NC(=O)N1CCN(c2ccncc2)CC1)c1ccc(N2CCOCC2)cc1.